The number of hydrogen-bond acceptors (Lipinski definition) is 3. The normalized spacial score (nSPS) is 10.9. The molecule has 0 atom stereocenters. The molecule has 0 aliphatic carbocycles. The van der Waals surface area contributed by atoms with E-state index in [1.807, 2.05) is 44.2 Å². The average molecular weight is 457 g/mol. The van der Waals surface area contributed by atoms with Crippen molar-refractivity contribution in [3.8, 4) is 0 Å². The molecule has 1 aromatic carbocycles. The highest BCUT2D eigenvalue weighted by Gasteiger charge is 2.09. The van der Waals surface area contributed by atoms with E-state index in [0.29, 0.717) is 6.54 Å². The van der Waals surface area contributed by atoms with Crippen molar-refractivity contribution in [3.63, 3.8) is 0 Å². The van der Waals surface area contributed by atoms with Gasteiger partial charge in [-0.05, 0) is 24.6 Å². The summed E-state index contributed by atoms with van der Waals surface area (Å²) in [5.74, 6) is 0.769. The lowest BCUT2D eigenvalue weighted by Crippen LogP contribution is -2.38. The maximum atomic E-state index is 10.9. The van der Waals surface area contributed by atoms with E-state index in [0.717, 1.165) is 24.6 Å². The fraction of sp³-hybridized carbons (Fsp3) is 0.353. The number of halogens is 1. The number of aromatic nitrogens is 1. The van der Waals surface area contributed by atoms with Gasteiger partial charge < -0.3 is 14.8 Å². The van der Waals surface area contributed by atoms with Crippen LogP contribution in [0.15, 0.2) is 47.6 Å². The number of aliphatic imine (C=N–C) groups is 1. The third-order valence-electron chi connectivity index (χ3n) is 3.68. The zero-order valence-corrected chi connectivity index (χ0v) is 17.0. The van der Waals surface area contributed by atoms with Gasteiger partial charge in [0, 0.05) is 44.7 Å². The Morgan fingerprint density at radius 2 is 2.12 bits per heavy atom. The first-order chi connectivity index (χ1) is 11.5. The highest BCUT2D eigenvalue weighted by molar-refractivity contribution is 14.0. The van der Waals surface area contributed by atoms with Gasteiger partial charge in [0.1, 0.15) is 0 Å². The topological polar surface area (TPSA) is 75.7 Å². The molecule has 0 amide bonds. The molecule has 0 aliphatic heterocycles. The first-order valence-corrected chi connectivity index (χ1v) is 7.84. The molecule has 0 aliphatic rings. The standard InChI is InChI=1S/C17H23N5O2.HI/c1-4-18-17(21(3)13-16-9-6-10-20(16)2)19-12-14-7-5-8-15(11-14)22(23)24;/h5-11H,4,12-13H2,1-3H3,(H,18,19);1H. The summed E-state index contributed by atoms with van der Waals surface area (Å²) in [6, 6.07) is 10.7. The van der Waals surface area contributed by atoms with Crippen molar-refractivity contribution in [2.75, 3.05) is 13.6 Å². The number of benzene rings is 1. The molecule has 0 radical (unpaired) electrons. The van der Waals surface area contributed by atoms with E-state index in [9.17, 15) is 10.1 Å². The van der Waals surface area contributed by atoms with Crippen LogP contribution < -0.4 is 5.32 Å². The molecule has 2 aromatic rings. The molecular formula is C17H24IN5O2. The zero-order chi connectivity index (χ0) is 17.5. The van der Waals surface area contributed by atoms with Crippen LogP contribution in [-0.2, 0) is 20.1 Å². The Labute approximate surface area is 164 Å². The predicted octanol–water partition coefficient (Wildman–Crippen LogP) is 3.15. The minimum Gasteiger partial charge on any atom is -0.357 e. The van der Waals surface area contributed by atoms with Crippen molar-refractivity contribution in [3.05, 3.63) is 64.0 Å². The van der Waals surface area contributed by atoms with Crippen molar-refractivity contribution in [1.82, 2.24) is 14.8 Å². The molecule has 0 saturated carbocycles. The van der Waals surface area contributed by atoms with Gasteiger partial charge in [0.05, 0.1) is 18.0 Å². The van der Waals surface area contributed by atoms with Crippen LogP contribution in [0.3, 0.4) is 0 Å². The van der Waals surface area contributed by atoms with Gasteiger partial charge in [0.15, 0.2) is 5.96 Å². The Morgan fingerprint density at radius 3 is 2.72 bits per heavy atom. The van der Waals surface area contributed by atoms with Gasteiger partial charge in [-0.15, -0.1) is 24.0 Å². The highest BCUT2D eigenvalue weighted by Crippen LogP contribution is 2.14. The van der Waals surface area contributed by atoms with Gasteiger partial charge in [-0.25, -0.2) is 4.99 Å². The fourth-order valence-corrected chi connectivity index (χ4v) is 2.38. The molecule has 0 spiro atoms. The predicted molar refractivity (Wildman–Crippen MR) is 110 cm³/mol. The summed E-state index contributed by atoms with van der Waals surface area (Å²) in [7, 11) is 3.98. The van der Waals surface area contributed by atoms with Gasteiger partial charge in [0.25, 0.3) is 5.69 Å². The van der Waals surface area contributed by atoms with Crippen molar-refractivity contribution >= 4 is 35.6 Å². The van der Waals surface area contributed by atoms with E-state index in [1.54, 1.807) is 12.1 Å². The average Bonchev–Trinajstić information content (AvgIpc) is 2.96. The molecule has 1 heterocycles. The van der Waals surface area contributed by atoms with Crippen LogP contribution in [-0.4, -0.2) is 33.9 Å². The second-order valence-electron chi connectivity index (χ2n) is 5.56. The largest absolute Gasteiger partial charge is 0.357 e. The summed E-state index contributed by atoms with van der Waals surface area (Å²) < 4.78 is 2.07. The minimum absolute atomic E-state index is 0. The van der Waals surface area contributed by atoms with Crippen molar-refractivity contribution in [2.24, 2.45) is 12.0 Å². The fourth-order valence-electron chi connectivity index (χ4n) is 2.38. The molecule has 1 aromatic heterocycles. The Morgan fingerprint density at radius 1 is 1.36 bits per heavy atom. The molecule has 136 valence electrons. The van der Waals surface area contributed by atoms with Gasteiger partial charge >= 0.3 is 0 Å². The quantitative estimate of drug-likeness (QED) is 0.238. The number of guanidine groups is 1. The van der Waals surface area contributed by atoms with Gasteiger partial charge in [-0.1, -0.05) is 12.1 Å². The first kappa shape index (κ1) is 20.9. The number of nitrogens with zero attached hydrogens (tertiary/aromatic N) is 4. The molecular weight excluding hydrogens is 433 g/mol. The van der Waals surface area contributed by atoms with E-state index in [2.05, 4.69) is 20.9 Å². The van der Waals surface area contributed by atoms with E-state index in [4.69, 9.17) is 0 Å². The zero-order valence-electron chi connectivity index (χ0n) is 14.7. The monoisotopic (exact) mass is 457 g/mol. The number of nitrogens with one attached hydrogen (secondary N) is 1. The van der Waals surface area contributed by atoms with E-state index in [-0.39, 0.29) is 34.6 Å². The SMILES string of the molecule is CCNC(=NCc1cccc([N+](=O)[O-])c1)N(C)Cc1cccn1C.I. The van der Waals surface area contributed by atoms with Gasteiger partial charge in [0.2, 0.25) is 0 Å². The Bertz CT molecular complexity index is 729. The molecule has 0 saturated heterocycles. The molecule has 2 rings (SSSR count). The van der Waals surface area contributed by atoms with Crippen LogP contribution in [0.2, 0.25) is 0 Å². The summed E-state index contributed by atoms with van der Waals surface area (Å²) in [5.41, 5.74) is 2.08. The summed E-state index contributed by atoms with van der Waals surface area (Å²) in [6.07, 6.45) is 2.01. The molecule has 7 nitrogen and oxygen atoms in total. The summed E-state index contributed by atoms with van der Waals surface area (Å²) in [5, 5.41) is 14.1. The summed E-state index contributed by atoms with van der Waals surface area (Å²) in [6.45, 7) is 3.89. The third-order valence-corrected chi connectivity index (χ3v) is 3.68. The molecule has 8 heteroatoms. The smallest absolute Gasteiger partial charge is 0.269 e. The van der Waals surface area contributed by atoms with E-state index >= 15 is 0 Å². The number of non-ortho nitro benzene ring substituents is 1. The molecule has 1 N–H and O–H groups in total. The van der Waals surface area contributed by atoms with Crippen molar-refractivity contribution < 1.29 is 4.92 Å². The number of nitro benzene ring substituents is 1. The summed E-state index contributed by atoms with van der Waals surface area (Å²) in [4.78, 5) is 17.1. The number of aryl methyl sites for hydroxylation is 1. The van der Waals surface area contributed by atoms with Gasteiger partial charge in [-0.2, -0.15) is 0 Å². The molecule has 0 unspecified atom stereocenters. The maximum Gasteiger partial charge on any atom is 0.269 e. The second kappa shape index (κ2) is 10.0. The maximum absolute atomic E-state index is 10.9. The lowest BCUT2D eigenvalue weighted by atomic mass is 10.2. The number of nitro groups is 1. The first-order valence-electron chi connectivity index (χ1n) is 7.84. The Kier molecular flexibility index (Phi) is 8.39. The van der Waals surface area contributed by atoms with Crippen LogP contribution in [0, 0.1) is 10.1 Å². The minimum atomic E-state index is -0.389. The molecule has 25 heavy (non-hydrogen) atoms. The van der Waals surface area contributed by atoms with E-state index in [1.165, 1.54) is 11.8 Å². The van der Waals surface area contributed by atoms with Crippen LogP contribution in [0.5, 0.6) is 0 Å². The lowest BCUT2D eigenvalue weighted by Gasteiger charge is -2.22. The number of hydrogen-bond donors (Lipinski definition) is 1. The van der Waals surface area contributed by atoms with Crippen molar-refractivity contribution in [1.29, 1.82) is 0 Å². The summed E-state index contributed by atoms with van der Waals surface area (Å²) >= 11 is 0. The highest BCUT2D eigenvalue weighted by atomic mass is 127. The van der Waals surface area contributed by atoms with E-state index < -0.39 is 0 Å². The van der Waals surface area contributed by atoms with Crippen LogP contribution in [0.1, 0.15) is 18.2 Å². The molecule has 0 fully saturated rings. The Balaban J connectivity index is 0.00000312. The van der Waals surface area contributed by atoms with Gasteiger partial charge in [-0.3, -0.25) is 10.1 Å². The lowest BCUT2D eigenvalue weighted by molar-refractivity contribution is -0.384. The Hall–Kier alpha value is -2.10. The third kappa shape index (κ3) is 6.04. The molecule has 0 bridgehead atoms. The van der Waals surface area contributed by atoms with Crippen LogP contribution >= 0.6 is 24.0 Å². The van der Waals surface area contributed by atoms with Crippen molar-refractivity contribution in [2.45, 2.75) is 20.0 Å². The number of rotatable bonds is 6. The van der Waals surface area contributed by atoms with Crippen LogP contribution in [0.25, 0.3) is 0 Å². The van der Waals surface area contributed by atoms with Crippen LogP contribution in [0.4, 0.5) is 5.69 Å². The second-order valence-corrected chi connectivity index (χ2v) is 5.56.